The monoisotopic (exact) mass is 573 g/mol. The predicted octanol–water partition coefficient (Wildman–Crippen LogP) is 5.26. The van der Waals surface area contributed by atoms with Crippen LogP contribution < -0.4 is 4.90 Å². The molecule has 1 aliphatic rings. The van der Waals surface area contributed by atoms with Crippen molar-refractivity contribution in [3.8, 4) is 5.75 Å². The summed E-state index contributed by atoms with van der Waals surface area (Å²) in [5, 5.41) is 30.0. The molecule has 12 heteroatoms. The number of nitrogens with zero attached hydrogens (tertiary/aromatic N) is 5. The molecule has 1 unspecified atom stereocenters. The van der Waals surface area contributed by atoms with Gasteiger partial charge in [0.2, 0.25) is 5.13 Å². The molecule has 4 heterocycles. The molecule has 9 nitrogen and oxygen atoms in total. The van der Waals surface area contributed by atoms with Crippen molar-refractivity contribution in [3.05, 3.63) is 107 Å². The number of hydrogen-bond donors (Lipinski definition) is 2. The Bertz CT molecular complexity index is 1800. The molecule has 1 fully saturated rings. The number of rotatable bonds is 6. The molecule has 0 radical (unpaired) electrons. The van der Waals surface area contributed by atoms with Gasteiger partial charge in [0.1, 0.15) is 22.9 Å². The summed E-state index contributed by atoms with van der Waals surface area (Å²) in [7, 11) is 0. The van der Waals surface area contributed by atoms with E-state index in [4.69, 9.17) is 0 Å². The van der Waals surface area contributed by atoms with Crippen LogP contribution in [0.5, 0.6) is 5.75 Å². The van der Waals surface area contributed by atoms with Gasteiger partial charge >= 0.3 is 5.91 Å². The van der Waals surface area contributed by atoms with Crippen molar-refractivity contribution in [2.24, 2.45) is 0 Å². The van der Waals surface area contributed by atoms with E-state index in [0.717, 1.165) is 16.9 Å². The number of anilines is 1. The zero-order valence-corrected chi connectivity index (χ0v) is 22.5. The summed E-state index contributed by atoms with van der Waals surface area (Å²) >= 11 is 2.49. The molecule has 0 bridgehead atoms. The maximum atomic E-state index is 13.5. The van der Waals surface area contributed by atoms with Gasteiger partial charge in [0.15, 0.2) is 10.1 Å². The summed E-state index contributed by atoms with van der Waals surface area (Å²) in [6.45, 7) is 1.71. The molecule has 1 atom stereocenters. The van der Waals surface area contributed by atoms with E-state index >= 15 is 0 Å². The summed E-state index contributed by atoms with van der Waals surface area (Å²) in [4.78, 5) is 32.7. The van der Waals surface area contributed by atoms with Gasteiger partial charge in [-0.15, -0.1) is 10.2 Å². The fraction of sp³-hybridized carbons (Fsp3) is 0.107. The van der Waals surface area contributed by atoms with Crippen molar-refractivity contribution in [1.82, 2.24) is 19.6 Å². The molecule has 40 heavy (non-hydrogen) atoms. The second-order valence-corrected chi connectivity index (χ2v) is 11.2. The van der Waals surface area contributed by atoms with E-state index in [2.05, 4.69) is 15.2 Å². The van der Waals surface area contributed by atoms with Crippen LogP contribution >= 0.6 is 23.1 Å². The third kappa shape index (κ3) is 4.50. The van der Waals surface area contributed by atoms with Crippen molar-refractivity contribution in [2.75, 3.05) is 4.90 Å². The number of carbonyl (C=O) groups is 2. The minimum Gasteiger partial charge on any atom is -0.508 e. The normalized spacial score (nSPS) is 16.8. The van der Waals surface area contributed by atoms with Crippen LogP contribution in [0.25, 0.3) is 11.4 Å². The van der Waals surface area contributed by atoms with Crippen LogP contribution in [0, 0.1) is 12.7 Å². The lowest BCUT2D eigenvalue weighted by Gasteiger charge is -2.22. The number of aryl methyl sites for hydroxylation is 1. The lowest BCUT2D eigenvalue weighted by molar-refractivity contribution is -0.132. The maximum Gasteiger partial charge on any atom is 0.301 e. The fourth-order valence-corrected chi connectivity index (χ4v) is 6.44. The largest absolute Gasteiger partial charge is 0.508 e. The number of carbonyl (C=O) groups excluding carboxylic acids is 2. The van der Waals surface area contributed by atoms with Gasteiger partial charge in [-0.05, 0) is 54.4 Å². The molecule has 2 N–H and O–H groups in total. The van der Waals surface area contributed by atoms with Crippen molar-refractivity contribution >= 4 is 51.3 Å². The fourth-order valence-electron chi connectivity index (χ4n) is 4.61. The van der Waals surface area contributed by atoms with E-state index in [1.807, 2.05) is 6.07 Å². The number of benzene rings is 2. The van der Waals surface area contributed by atoms with Crippen LogP contribution in [-0.2, 0) is 15.3 Å². The van der Waals surface area contributed by atoms with Crippen molar-refractivity contribution in [3.63, 3.8) is 0 Å². The van der Waals surface area contributed by atoms with Crippen LogP contribution in [0.4, 0.5) is 9.52 Å². The van der Waals surface area contributed by atoms with Crippen molar-refractivity contribution in [1.29, 1.82) is 0 Å². The second kappa shape index (κ2) is 10.2. The molecule has 1 saturated heterocycles. The second-order valence-electron chi connectivity index (χ2n) is 9.00. The number of thioether (sulfide) groups is 1. The number of aliphatic hydroxyl groups excluding tert-OH is 1. The Balaban J connectivity index is 1.43. The summed E-state index contributed by atoms with van der Waals surface area (Å²) in [6.07, 6.45) is 1.71. The van der Waals surface area contributed by atoms with Crippen molar-refractivity contribution < 1.29 is 24.2 Å². The topological polar surface area (TPSA) is 121 Å². The standard InChI is InChI=1S/C28H20FN5O4S2/c1-15-22(33-13-3-2-4-20(33)30-15)24(36)21-23(17-7-11-19(35)12-8-17)34(26(38)25(21)37)27-31-32-28(40-27)39-14-16-5-9-18(29)10-6-16/h2-13,23,35-36H,14H2,1H3. The van der Waals surface area contributed by atoms with Gasteiger partial charge in [-0.3, -0.25) is 18.9 Å². The Morgan fingerprint density at radius 2 is 1.80 bits per heavy atom. The lowest BCUT2D eigenvalue weighted by Crippen LogP contribution is -2.29. The molecule has 3 aromatic heterocycles. The molecule has 5 aromatic rings. The number of aromatic hydroxyl groups is 1. The highest BCUT2D eigenvalue weighted by Crippen LogP contribution is 2.44. The number of hydrogen-bond acceptors (Lipinski definition) is 9. The van der Waals surface area contributed by atoms with Gasteiger partial charge < -0.3 is 10.2 Å². The van der Waals surface area contributed by atoms with Gasteiger partial charge in [0, 0.05) is 11.9 Å². The average molecular weight is 574 g/mol. The molecule has 0 spiro atoms. The quantitative estimate of drug-likeness (QED) is 0.0928. The number of imidazole rings is 1. The summed E-state index contributed by atoms with van der Waals surface area (Å²) in [6, 6.07) is 16.5. The van der Waals surface area contributed by atoms with E-state index in [1.165, 1.54) is 40.9 Å². The Labute approximate surface area is 235 Å². The molecule has 200 valence electrons. The molecule has 0 aliphatic carbocycles. The van der Waals surface area contributed by atoms with Crippen LogP contribution in [-0.4, -0.2) is 41.5 Å². The SMILES string of the molecule is Cc1nc2ccccn2c1C(O)=C1C(=O)C(=O)N(c2nnc(SCc3ccc(F)cc3)s2)C1c1ccc(O)cc1. The third-order valence-corrected chi connectivity index (χ3v) is 8.59. The van der Waals surface area contributed by atoms with Gasteiger partial charge in [-0.25, -0.2) is 9.37 Å². The first kappa shape index (κ1) is 25.7. The number of pyridine rings is 1. The van der Waals surface area contributed by atoms with Gasteiger partial charge in [-0.2, -0.15) is 0 Å². The minimum absolute atomic E-state index is 0.00808. The highest BCUT2D eigenvalue weighted by molar-refractivity contribution is 8.00. The Hall–Kier alpha value is -4.55. The van der Waals surface area contributed by atoms with Crippen LogP contribution in [0.2, 0.25) is 0 Å². The van der Waals surface area contributed by atoms with Crippen LogP contribution in [0.15, 0.2) is 82.8 Å². The first-order chi connectivity index (χ1) is 19.3. The van der Waals surface area contributed by atoms with Gasteiger partial charge in [0.05, 0.1) is 17.3 Å². The third-order valence-electron chi connectivity index (χ3n) is 6.46. The van der Waals surface area contributed by atoms with E-state index in [-0.39, 0.29) is 28.0 Å². The van der Waals surface area contributed by atoms with Gasteiger partial charge in [-0.1, -0.05) is 53.4 Å². The van der Waals surface area contributed by atoms with Crippen LogP contribution in [0.3, 0.4) is 0 Å². The first-order valence-electron chi connectivity index (χ1n) is 12.1. The van der Waals surface area contributed by atoms with Crippen LogP contribution in [0.1, 0.15) is 28.6 Å². The maximum absolute atomic E-state index is 13.5. The first-order valence-corrected chi connectivity index (χ1v) is 13.9. The van der Waals surface area contributed by atoms with E-state index < -0.39 is 17.7 Å². The van der Waals surface area contributed by atoms with E-state index in [1.54, 1.807) is 53.9 Å². The number of fused-ring (bicyclic) bond motifs is 1. The lowest BCUT2D eigenvalue weighted by atomic mass is 9.96. The highest BCUT2D eigenvalue weighted by atomic mass is 32.2. The smallest absolute Gasteiger partial charge is 0.301 e. The number of aliphatic hydroxyl groups is 1. The number of phenols is 1. The average Bonchev–Trinajstić information content (AvgIpc) is 3.62. The Kier molecular flexibility index (Phi) is 6.56. The number of aromatic nitrogens is 4. The Morgan fingerprint density at radius 1 is 1.05 bits per heavy atom. The molecule has 1 amide bonds. The number of phenolic OH excluding ortho intramolecular Hbond substituents is 1. The number of ketones is 1. The number of halogens is 1. The Morgan fingerprint density at radius 3 is 2.55 bits per heavy atom. The molecular weight excluding hydrogens is 553 g/mol. The van der Waals surface area contributed by atoms with Crippen molar-refractivity contribution in [2.45, 2.75) is 23.1 Å². The number of Topliss-reactive ketones (excluding diaryl/α,β-unsaturated/α-hetero) is 1. The predicted molar refractivity (Wildman–Crippen MR) is 149 cm³/mol. The molecule has 2 aromatic carbocycles. The summed E-state index contributed by atoms with van der Waals surface area (Å²) in [5.41, 5.74) is 2.60. The minimum atomic E-state index is -1.03. The molecule has 1 aliphatic heterocycles. The zero-order valence-electron chi connectivity index (χ0n) is 20.9. The summed E-state index contributed by atoms with van der Waals surface area (Å²) in [5.74, 6) is -1.92. The molecular formula is C28H20FN5O4S2. The molecule has 6 rings (SSSR count). The highest BCUT2D eigenvalue weighted by Gasteiger charge is 2.48. The zero-order chi connectivity index (χ0) is 28.0. The summed E-state index contributed by atoms with van der Waals surface area (Å²) < 4.78 is 15.4. The number of amides is 1. The molecule has 0 saturated carbocycles. The van der Waals surface area contributed by atoms with E-state index in [0.29, 0.717) is 32.7 Å². The van der Waals surface area contributed by atoms with E-state index in [9.17, 15) is 24.2 Å². The van der Waals surface area contributed by atoms with Gasteiger partial charge in [0.25, 0.3) is 5.78 Å².